The van der Waals surface area contributed by atoms with Gasteiger partial charge in [-0.05, 0) is 54.7 Å². The quantitative estimate of drug-likeness (QED) is 0.810. The average molecular weight is 393 g/mol. The Bertz CT molecular complexity index is 1010. The van der Waals surface area contributed by atoms with Gasteiger partial charge in [0.2, 0.25) is 5.95 Å². The van der Waals surface area contributed by atoms with Crippen LogP contribution in [0, 0.1) is 22.7 Å². The van der Waals surface area contributed by atoms with Crippen LogP contribution in [-0.4, -0.2) is 28.7 Å². The van der Waals surface area contributed by atoms with Crippen molar-refractivity contribution < 1.29 is 0 Å². The van der Waals surface area contributed by atoms with Crippen LogP contribution in [0.4, 0.5) is 11.8 Å². The van der Waals surface area contributed by atoms with Crippen LogP contribution in [0.15, 0.2) is 29.1 Å². The topological polar surface area (TPSA) is 114 Å². The predicted molar refractivity (Wildman–Crippen MR) is 114 cm³/mol. The molecule has 2 fully saturated rings. The number of benzene rings is 1. The molecule has 29 heavy (non-hydrogen) atoms. The number of hydrogen-bond acceptors (Lipinski definition) is 6. The molecule has 1 aromatic heterocycles. The molecule has 1 spiro atoms. The summed E-state index contributed by atoms with van der Waals surface area (Å²) in [6.45, 7) is 3.91. The Labute approximate surface area is 170 Å². The number of hydrogen-bond donors (Lipinski definition) is 2. The molecule has 0 amide bonds. The highest BCUT2D eigenvalue weighted by Gasteiger charge is 2.46. The minimum atomic E-state index is -0.177. The molecule has 0 bridgehead atoms. The first-order valence-corrected chi connectivity index (χ1v) is 10.2. The van der Waals surface area contributed by atoms with Crippen LogP contribution in [0.5, 0.6) is 0 Å². The zero-order valence-corrected chi connectivity index (χ0v) is 17.1. The molecule has 7 nitrogen and oxygen atoms in total. The van der Waals surface area contributed by atoms with E-state index in [4.69, 9.17) is 16.7 Å². The maximum Gasteiger partial charge on any atom is 0.264 e. The van der Waals surface area contributed by atoms with Crippen LogP contribution in [0.3, 0.4) is 0 Å². The van der Waals surface area contributed by atoms with Crippen LogP contribution in [-0.2, 0) is 7.05 Å². The van der Waals surface area contributed by atoms with Crippen molar-refractivity contribution in [2.75, 3.05) is 23.7 Å². The maximum atomic E-state index is 13.1. The molecule has 2 aromatic rings. The van der Waals surface area contributed by atoms with Crippen LogP contribution in [0.25, 0.3) is 11.1 Å². The monoisotopic (exact) mass is 392 g/mol. The van der Waals surface area contributed by atoms with Crippen LogP contribution in [0.2, 0.25) is 0 Å². The van der Waals surface area contributed by atoms with Crippen LogP contribution < -0.4 is 21.9 Å². The van der Waals surface area contributed by atoms with Gasteiger partial charge in [0.1, 0.15) is 5.82 Å². The van der Waals surface area contributed by atoms with Crippen molar-refractivity contribution in [3.8, 4) is 17.2 Å². The highest BCUT2D eigenvalue weighted by molar-refractivity contribution is 5.74. The Morgan fingerprint density at radius 3 is 2.41 bits per heavy atom. The minimum Gasteiger partial charge on any atom is -0.383 e. The highest BCUT2D eigenvalue weighted by atomic mass is 16.1. The van der Waals surface area contributed by atoms with E-state index in [-0.39, 0.29) is 22.8 Å². The Morgan fingerprint density at radius 1 is 1.21 bits per heavy atom. The number of rotatable bonds is 2. The SMILES string of the molecule is C[C@@H]1CCC2(CCN(c3nc(N)c(-c4ccc(C#N)cc4)c(=O)n3C)CC2)[C@@H]1N. The summed E-state index contributed by atoms with van der Waals surface area (Å²) in [6.07, 6.45) is 4.43. The van der Waals surface area contributed by atoms with Gasteiger partial charge in [0.15, 0.2) is 0 Å². The molecular weight excluding hydrogens is 364 g/mol. The van der Waals surface area contributed by atoms with Gasteiger partial charge >= 0.3 is 0 Å². The van der Waals surface area contributed by atoms with Crippen molar-refractivity contribution in [2.24, 2.45) is 24.1 Å². The number of nitrogen functional groups attached to an aromatic ring is 1. The third-order valence-electron chi connectivity index (χ3n) is 7.06. The van der Waals surface area contributed by atoms with Crippen molar-refractivity contribution in [1.82, 2.24) is 9.55 Å². The molecule has 2 heterocycles. The fourth-order valence-electron chi connectivity index (χ4n) is 5.07. The third kappa shape index (κ3) is 3.18. The molecule has 4 N–H and O–H groups in total. The highest BCUT2D eigenvalue weighted by Crippen LogP contribution is 2.48. The van der Waals surface area contributed by atoms with E-state index in [1.54, 1.807) is 35.9 Å². The molecule has 1 aromatic carbocycles. The van der Waals surface area contributed by atoms with Gasteiger partial charge in [-0.1, -0.05) is 19.1 Å². The summed E-state index contributed by atoms with van der Waals surface area (Å²) in [5.41, 5.74) is 14.4. The van der Waals surface area contributed by atoms with Gasteiger partial charge in [0.05, 0.1) is 17.2 Å². The molecule has 7 heteroatoms. The first kappa shape index (κ1) is 19.5. The predicted octanol–water partition coefficient (Wildman–Crippen LogP) is 2.24. The van der Waals surface area contributed by atoms with Crippen molar-refractivity contribution >= 4 is 11.8 Å². The van der Waals surface area contributed by atoms with E-state index < -0.39 is 0 Å². The minimum absolute atomic E-state index is 0.177. The van der Waals surface area contributed by atoms with Crippen molar-refractivity contribution in [2.45, 2.75) is 38.6 Å². The van der Waals surface area contributed by atoms with Crippen LogP contribution in [0.1, 0.15) is 38.2 Å². The second kappa shape index (κ2) is 7.20. The van der Waals surface area contributed by atoms with Gasteiger partial charge in [-0.25, -0.2) is 0 Å². The third-order valence-corrected chi connectivity index (χ3v) is 7.06. The Hall–Kier alpha value is -2.85. The Morgan fingerprint density at radius 2 is 1.86 bits per heavy atom. The smallest absolute Gasteiger partial charge is 0.264 e. The van der Waals surface area contributed by atoms with Crippen molar-refractivity contribution in [3.05, 3.63) is 40.2 Å². The molecule has 152 valence electrons. The average Bonchev–Trinajstić information content (AvgIpc) is 3.00. The second-order valence-electron chi connectivity index (χ2n) is 8.62. The van der Waals surface area contributed by atoms with E-state index >= 15 is 0 Å². The molecule has 4 rings (SSSR count). The molecule has 1 saturated heterocycles. The molecule has 1 saturated carbocycles. The normalized spacial score (nSPS) is 23.3. The van der Waals surface area contributed by atoms with Gasteiger partial charge in [0.25, 0.3) is 5.56 Å². The van der Waals surface area contributed by atoms with Gasteiger partial charge in [0, 0.05) is 26.2 Å². The molecule has 1 aliphatic heterocycles. The van der Waals surface area contributed by atoms with Crippen molar-refractivity contribution in [1.29, 1.82) is 5.26 Å². The summed E-state index contributed by atoms with van der Waals surface area (Å²) in [6, 6.07) is 9.16. The first-order valence-electron chi connectivity index (χ1n) is 10.2. The van der Waals surface area contributed by atoms with E-state index in [2.05, 4.69) is 22.9 Å². The van der Waals surface area contributed by atoms with Gasteiger partial charge in [-0.2, -0.15) is 10.2 Å². The van der Waals surface area contributed by atoms with E-state index in [0.29, 0.717) is 28.6 Å². The lowest BCUT2D eigenvalue weighted by molar-refractivity contribution is 0.185. The van der Waals surface area contributed by atoms with Gasteiger partial charge < -0.3 is 16.4 Å². The lowest BCUT2D eigenvalue weighted by atomic mass is 9.73. The van der Waals surface area contributed by atoms with E-state index in [9.17, 15) is 4.79 Å². The molecule has 1 aliphatic carbocycles. The van der Waals surface area contributed by atoms with E-state index in [1.807, 2.05) is 0 Å². The second-order valence-corrected chi connectivity index (χ2v) is 8.62. The lowest BCUT2D eigenvalue weighted by Gasteiger charge is -2.43. The Balaban J connectivity index is 1.62. The number of piperidine rings is 1. The summed E-state index contributed by atoms with van der Waals surface area (Å²) in [7, 11) is 1.74. The zero-order valence-electron chi connectivity index (χ0n) is 17.1. The van der Waals surface area contributed by atoms with Gasteiger partial charge in [-0.3, -0.25) is 9.36 Å². The lowest BCUT2D eigenvalue weighted by Crippen LogP contribution is -2.49. The maximum absolute atomic E-state index is 13.1. The van der Waals surface area contributed by atoms with Crippen molar-refractivity contribution in [3.63, 3.8) is 0 Å². The largest absolute Gasteiger partial charge is 0.383 e. The van der Waals surface area contributed by atoms with E-state index in [1.165, 1.54) is 12.8 Å². The first-order chi connectivity index (χ1) is 13.9. The fourth-order valence-corrected chi connectivity index (χ4v) is 5.07. The molecule has 2 aliphatic rings. The standard InChI is InChI=1S/C22H28N6O/c1-14-7-8-22(18(14)24)9-11-28(12-10-22)21-26-19(25)17(20(29)27(21)2)16-5-3-15(13-23)4-6-16/h3-6,14,18H,7-12,24-25H2,1-2H3/t14-,18-/m1/s1. The summed E-state index contributed by atoms with van der Waals surface area (Å²) in [5.74, 6) is 1.41. The number of nitrogens with zero attached hydrogens (tertiary/aromatic N) is 4. The molecule has 0 radical (unpaired) electrons. The number of nitriles is 1. The number of nitrogens with two attached hydrogens (primary N) is 2. The summed E-state index contributed by atoms with van der Waals surface area (Å²) in [4.78, 5) is 19.8. The molecule has 2 atom stereocenters. The zero-order chi connectivity index (χ0) is 20.8. The molecular formula is C22H28N6O. The number of anilines is 2. The summed E-state index contributed by atoms with van der Waals surface area (Å²) in [5, 5.41) is 8.97. The fraction of sp³-hybridized carbons (Fsp3) is 0.500. The summed E-state index contributed by atoms with van der Waals surface area (Å²) < 4.78 is 1.58. The summed E-state index contributed by atoms with van der Waals surface area (Å²) >= 11 is 0. The van der Waals surface area contributed by atoms with E-state index in [0.717, 1.165) is 25.9 Å². The number of aromatic nitrogens is 2. The van der Waals surface area contributed by atoms with Gasteiger partial charge in [-0.15, -0.1) is 0 Å². The molecule has 0 unspecified atom stereocenters. The van der Waals surface area contributed by atoms with Crippen LogP contribution >= 0.6 is 0 Å². The Kier molecular flexibility index (Phi) is 4.83.